The third kappa shape index (κ3) is 1450. The van der Waals surface area contributed by atoms with Gasteiger partial charge in [0.2, 0.25) is 0 Å². The largest absolute Gasteiger partial charge is 0.503 e. The summed E-state index contributed by atoms with van der Waals surface area (Å²) in [6, 6.07) is 0. The second kappa shape index (κ2) is 16.3. The molecule has 0 aliphatic heterocycles. The van der Waals surface area contributed by atoms with Crippen molar-refractivity contribution >= 4 is 23.5 Å². The number of hydrogen-bond donors (Lipinski definition) is 3. The molecule has 0 amide bonds. The molecule has 5 N–H and O–H groups in total. The second-order valence-electron chi connectivity index (χ2n) is 0.283. The maximum absolute atomic E-state index is 8.56. The van der Waals surface area contributed by atoms with Gasteiger partial charge in [0.1, 0.15) is 0 Å². The van der Waals surface area contributed by atoms with Crippen molar-refractivity contribution in [1.29, 1.82) is 0 Å². The Bertz CT molecular complexity index is 37.9. The van der Waals surface area contributed by atoms with E-state index in [1.807, 2.05) is 0 Å². The van der Waals surface area contributed by atoms with Crippen LogP contribution < -0.4 is 6.15 Å². The van der Waals surface area contributed by atoms with Crippen molar-refractivity contribution in [3.63, 3.8) is 0 Å². The molecule has 0 rings (SSSR count). The van der Waals surface area contributed by atoms with Crippen molar-refractivity contribution in [1.82, 2.24) is 6.15 Å². The van der Waals surface area contributed by atoms with Crippen LogP contribution in [-0.4, -0.2) is 33.7 Å². The van der Waals surface area contributed by atoms with Crippen LogP contribution in [0.5, 0.6) is 0 Å². The molecule has 4 nitrogen and oxygen atoms in total. The van der Waals surface area contributed by atoms with Crippen LogP contribution >= 0.6 is 0 Å². The van der Waals surface area contributed by atoms with Crippen LogP contribution in [0, 0.1) is 0 Å². The van der Waals surface area contributed by atoms with Gasteiger partial charge in [0.15, 0.2) is 17.4 Å². The van der Waals surface area contributed by atoms with Crippen molar-refractivity contribution in [2.24, 2.45) is 0 Å². The number of carboxylic acid groups (broad SMARTS) is 2. The Balaban J connectivity index is -0.0000000150. The van der Waals surface area contributed by atoms with Crippen LogP contribution in [0.2, 0.25) is 0 Å². The summed E-state index contributed by atoms with van der Waals surface area (Å²) in [7, 11) is 0. The second-order valence-corrected chi connectivity index (χ2v) is 0.283. The average molecular weight is 165 g/mol. The van der Waals surface area contributed by atoms with Crippen LogP contribution in [0.1, 0.15) is 0 Å². The summed E-state index contributed by atoms with van der Waals surface area (Å²) in [4.78, 5) is 8.56. The van der Waals surface area contributed by atoms with Gasteiger partial charge in [-0.3, -0.25) is 0 Å². The van der Waals surface area contributed by atoms with Crippen molar-refractivity contribution in [2.45, 2.75) is 0 Å². The van der Waals surface area contributed by atoms with Crippen LogP contribution in [0.4, 0.5) is 4.79 Å². The first-order chi connectivity index (χ1) is 1.73. The van der Waals surface area contributed by atoms with Gasteiger partial charge < -0.3 is 16.4 Å². The zero-order valence-electron chi connectivity index (χ0n) is 2.86. The summed E-state index contributed by atoms with van der Waals surface area (Å²) in [5.41, 5.74) is 0. The standard InChI is InChI=1S/CH2O3.Al.Fe.H3N.3H/c2-1(3)4;;;;;;/h(H2,2,3,4);;;1H3;;;. The first-order valence-electron chi connectivity index (χ1n) is 0.651. The molecule has 0 atom stereocenters. The Morgan fingerprint density at radius 1 is 1.29 bits per heavy atom. The van der Waals surface area contributed by atoms with E-state index in [2.05, 4.69) is 0 Å². The minimum Gasteiger partial charge on any atom is -0.450 e. The zero-order valence-corrected chi connectivity index (χ0v) is 3.97. The van der Waals surface area contributed by atoms with E-state index in [0.717, 1.165) is 0 Å². The quantitative estimate of drug-likeness (QED) is 0.409. The Hall–Kier alpha value is 0.282. The van der Waals surface area contributed by atoms with E-state index in [4.69, 9.17) is 15.0 Å². The molecule has 0 spiro atoms. The normalized spacial score (nSPS) is 3.43. The molecule has 46 valence electrons. The molecule has 0 fully saturated rings. The molecule has 0 aliphatic carbocycles. The van der Waals surface area contributed by atoms with Crippen LogP contribution in [0.15, 0.2) is 0 Å². The average Bonchev–Trinajstić information content (AvgIpc) is 0.811. The summed E-state index contributed by atoms with van der Waals surface area (Å²) in [6.45, 7) is 0. The SMILES string of the molecule is N.O=C(O)O.[AlH3].[Fe]. The molecule has 0 aromatic heterocycles. The molecule has 0 aromatic rings. The fraction of sp³-hybridized carbons (Fsp3) is 0. The van der Waals surface area contributed by atoms with Gasteiger partial charge in [-0.15, -0.1) is 0 Å². The van der Waals surface area contributed by atoms with Crippen LogP contribution in [-0.2, 0) is 17.1 Å². The van der Waals surface area contributed by atoms with Crippen molar-refractivity contribution in [2.75, 3.05) is 0 Å². The molecule has 0 heterocycles. The third-order valence-electron chi connectivity index (χ3n) is 0. The van der Waals surface area contributed by atoms with E-state index < -0.39 is 6.16 Å². The zero-order chi connectivity index (χ0) is 3.58. The van der Waals surface area contributed by atoms with Gasteiger partial charge in [-0.1, -0.05) is 0 Å². The first kappa shape index (κ1) is 26.7. The number of rotatable bonds is 0. The van der Waals surface area contributed by atoms with Gasteiger partial charge in [0, 0.05) is 17.1 Å². The predicted octanol–water partition coefficient (Wildman–Crippen LogP) is -0.802. The summed E-state index contributed by atoms with van der Waals surface area (Å²) in [6.07, 6.45) is -1.83. The molecule has 0 bridgehead atoms. The predicted molar refractivity (Wildman–Crippen MR) is 25.6 cm³/mol. The van der Waals surface area contributed by atoms with E-state index in [1.165, 1.54) is 0 Å². The van der Waals surface area contributed by atoms with Crippen molar-refractivity contribution < 1.29 is 32.1 Å². The van der Waals surface area contributed by atoms with E-state index in [0.29, 0.717) is 0 Å². The number of carbonyl (C=O) groups is 1. The maximum Gasteiger partial charge on any atom is 0.503 e. The summed E-state index contributed by atoms with van der Waals surface area (Å²) < 4.78 is 0. The van der Waals surface area contributed by atoms with E-state index in [1.54, 1.807) is 0 Å². The molecule has 0 radical (unpaired) electrons. The summed E-state index contributed by atoms with van der Waals surface area (Å²) >= 11 is 0. The molecule has 0 aromatic carbocycles. The first-order valence-corrected chi connectivity index (χ1v) is 0.651. The topological polar surface area (TPSA) is 92.5 Å². The fourth-order valence-electron chi connectivity index (χ4n) is 0. The van der Waals surface area contributed by atoms with Crippen molar-refractivity contribution in [3.05, 3.63) is 0 Å². The summed E-state index contributed by atoms with van der Waals surface area (Å²) in [5, 5.41) is 13.9. The van der Waals surface area contributed by atoms with Gasteiger partial charge in [-0.05, 0) is 0 Å². The molecular formula is CH8AlFeNO3. The van der Waals surface area contributed by atoms with E-state index in [-0.39, 0.29) is 40.6 Å². The Kier molecular flexibility index (Phi) is 62.0. The fourth-order valence-corrected chi connectivity index (χ4v) is 0. The Labute approximate surface area is 62.1 Å². The third-order valence-corrected chi connectivity index (χ3v) is 0. The minimum absolute atomic E-state index is 0. The Morgan fingerprint density at radius 3 is 1.29 bits per heavy atom. The Morgan fingerprint density at radius 2 is 1.29 bits per heavy atom. The molecule has 7 heavy (non-hydrogen) atoms. The van der Waals surface area contributed by atoms with Gasteiger partial charge in [-0.2, -0.15) is 0 Å². The smallest absolute Gasteiger partial charge is 0.450 e. The van der Waals surface area contributed by atoms with Crippen LogP contribution in [0.3, 0.4) is 0 Å². The maximum atomic E-state index is 8.56. The monoisotopic (exact) mass is 165 g/mol. The molecule has 0 unspecified atom stereocenters. The summed E-state index contributed by atoms with van der Waals surface area (Å²) in [5.74, 6) is 0. The number of hydrogen-bond acceptors (Lipinski definition) is 2. The van der Waals surface area contributed by atoms with Gasteiger partial charge >= 0.3 is 6.16 Å². The molecule has 0 saturated carbocycles. The molecule has 0 saturated heterocycles. The molecule has 0 aliphatic rings. The van der Waals surface area contributed by atoms with Gasteiger partial charge in [-0.25, -0.2) is 4.79 Å². The molecule has 6 heteroatoms. The van der Waals surface area contributed by atoms with Gasteiger partial charge in [0.05, 0.1) is 0 Å². The van der Waals surface area contributed by atoms with Crippen molar-refractivity contribution in [3.8, 4) is 0 Å². The van der Waals surface area contributed by atoms with E-state index >= 15 is 0 Å². The minimum atomic E-state index is -1.83. The van der Waals surface area contributed by atoms with Crippen LogP contribution in [0.25, 0.3) is 0 Å². The van der Waals surface area contributed by atoms with E-state index in [9.17, 15) is 0 Å². The van der Waals surface area contributed by atoms with Gasteiger partial charge in [0.25, 0.3) is 0 Å². The molecular weight excluding hydrogens is 157 g/mol.